The first-order valence-corrected chi connectivity index (χ1v) is 6.53. The summed E-state index contributed by atoms with van der Waals surface area (Å²) in [7, 11) is -4.54. The maximum atomic E-state index is 11.6. The van der Waals surface area contributed by atoms with Crippen molar-refractivity contribution >= 4 is 21.0 Å². The Kier molecular flexibility index (Phi) is 2.83. The van der Waals surface area contributed by atoms with Crippen LogP contribution in [0.15, 0.2) is 26.6 Å². The van der Waals surface area contributed by atoms with E-state index < -0.39 is 26.3 Å². The van der Waals surface area contributed by atoms with Crippen LogP contribution < -0.4 is 11.2 Å². The third-order valence-corrected chi connectivity index (χ3v) is 3.43. The lowest BCUT2D eigenvalue weighted by molar-refractivity contribution is 0.484. The molecule has 0 aliphatic heterocycles. The van der Waals surface area contributed by atoms with Crippen molar-refractivity contribution in [1.82, 2.24) is 9.97 Å². The number of aryl methyl sites for hydroxylation is 1. The van der Waals surface area contributed by atoms with Crippen molar-refractivity contribution in [1.29, 1.82) is 0 Å². The molecule has 96 valence electrons. The Morgan fingerprint density at radius 2 is 1.89 bits per heavy atom. The van der Waals surface area contributed by atoms with Crippen LogP contribution in [-0.4, -0.2) is 22.9 Å². The van der Waals surface area contributed by atoms with Crippen molar-refractivity contribution in [2.75, 3.05) is 0 Å². The predicted molar refractivity (Wildman–Crippen MR) is 64.4 cm³/mol. The van der Waals surface area contributed by atoms with Crippen LogP contribution in [0.2, 0.25) is 0 Å². The average molecular weight is 270 g/mol. The first-order valence-electron chi connectivity index (χ1n) is 5.09. The number of rotatable bonds is 2. The largest absolute Gasteiger partial charge is 0.326 e. The second-order valence-corrected chi connectivity index (χ2v) is 5.14. The van der Waals surface area contributed by atoms with Gasteiger partial charge in [-0.25, -0.2) is 4.79 Å². The van der Waals surface area contributed by atoms with E-state index in [9.17, 15) is 18.0 Å². The van der Waals surface area contributed by atoms with E-state index in [-0.39, 0.29) is 10.9 Å². The van der Waals surface area contributed by atoms with Crippen LogP contribution in [0.3, 0.4) is 0 Å². The highest BCUT2D eigenvalue weighted by molar-refractivity contribution is 7.86. The molecule has 18 heavy (non-hydrogen) atoms. The minimum absolute atomic E-state index is 0.0794. The Morgan fingerprint density at radius 3 is 2.44 bits per heavy atom. The van der Waals surface area contributed by atoms with E-state index >= 15 is 0 Å². The number of aromatic amines is 2. The number of benzene rings is 1. The summed E-state index contributed by atoms with van der Waals surface area (Å²) >= 11 is 0. The smallest absolute Gasteiger partial charge is 0.307 e. The quantitative estimate of drug-likeness (QED) is 0.665. The minimum Gasteiger partial charge on any atom is -0.307 e. The van der Waals surface area contributed by atoms with Crippen LogP contribution >= 0.6 is 0 Å². The molecule has 1 aromatic heterocycles. The fourth-order valence-electron chi connectivity index (χ4n) is 1.73. The number of hydrogen-bond acceptors (Lipinski definition) is 4. The van der Waals surface area contributed by atoms with E-state index in [0.29, 0.717) is 12.0 Å². The lowest BCUT2D eigenvalue weighted by Gasteiger charge is -2.05. The zero-order chi connectivity index (χ0) is 13.5. The lowest BCUT2D eigenvalue weighted by atomic mass is 10.1. The van der Waals surface area contributed by atoms with E-state index in [1.54, 1.807) is 6.92 Å². The van der Waals surface area contributed by atoms with E-state index in [1.807, 2.05) is 4.98 Å². The average Bonchev–Trinajstić information content (AvgIpc) is 2.25. The van der Waals surface area contributed by atoms with Gasteiger partial charge in [0.05, 0.1) is 10.9 Å². The molecule has 3 N–H and O–H groups in total. The monoisotopic (exact) mass is 270 g/mol. The summed E-state index contributed by atoms with van der Waals surface area (Å²) in [5.74, 6) is 0. The molecule has 0 saturated heterocycles. The Morgan fingerprint density at radius 1 is 1.22 bits per heavy atom. The maximum absolute atomic E-state index is 11.6. The molecule has 2 aromatic rings. The summed E-state index contributed by atoms with van der Waals surface area (Å²) in [5, 5.41) is -0.255. The number of hydrogen-bond donors (Lipinski definition) is 3. The van der Waals surface area contributed by atoms with E-state index in [2.05, 4.69) is 4.98 Å². The van der Waals surface area contributed by atoms with Crippen LogP contribution in [0.4, 0.5) is 0 Å². The third-order valence-electron chi connectivity index (χ3n) is 2.55. The van der Waals surface area contributed by atoms with Gasteiger partial charge in [-0.1, -0.05) is 6.92 Å². The summed E-state index contributed by atoms with van der Waals surface area (Å²) in [6, 6.07) is 2.71. The number of H-pyrrole nitrogens is 2. The van der Waals surface area contributed by atoms with E-state index in [4.69, 9.17) is 4.55 Å². The van der Waals surface area contributed by atoms with Gasteiger partial charge in [-0.15, -0.1) is 0 Å². The second-order valence-electron chi connectivity index (χ2n) is 3.75. The molecule has 8 heteroatoms. The summed E-state index contributed by atoms with van der Waals surface area (Å²) in [6.07, 6.45) is 0.493. The molecule has 0 bridgehead atoms. The molecule has 0 saturated carbocycles. The molecule has 0 fully saturated rings. The van der Waals surface area contributed by atoms with Crippen molar-refractivity contribution in [3.05, 3.63) is 38.5 Å². The van der Waals surface area contributed by atoms with Crippen molar-refractivity contribution < 1.29 is 13.0 Å². The zero-order valence-corrected chi connectivity index (χ0v) is 10.2. The number of fused-ring (bicyclic) bond motifs is 1. The SMILES string of the molecule is CCc1cc(S(=O)(=O)O)c2c(=O)[nH]c(=O)[nH]c2c1. The molecule has 7 nitrogen and oxygen atoms in total. The van der Waals surface area contributed by atoms with Crippen LogP contribution in [0.1, 0.15) is 12.5 Å². The van der Waals surface area contributed by atoms with Crippen molar-refractivity contribution in [3.8, 4) is 0 Å². The van der Waals surface area contributed by atoms with Crippen molar-refractivity contribution in [3.63, 3.8) is 0 Å². The van der Waals surface area contributed by atoms with E-state index in [1.165, 1.54) is 12.1 Å². The Balaban J connectivity index is 3.10. The Bertz CT molecular complexity index is 831. The standard InChI is InChI=1S/C10H10N2O5S/c1-2-5-3-6-8(7(4-5)18(15,16)17)9(13)12-10(14)11-6/h3-4H,2H2,1H3,(H,15,16,17)(H2,11,12,13,14). The molecule has 0 unspecified atom stereocenters. The number of nitrogens with one attached hydrogen (secondary N) is 2. The molecule has 1 heterocycles. The highest BCUT2D eigenvalue weighted by Gasteiger charge is 2.18. The molecule has 0 aliphatic rings. The fraction of sp³-hybridized carbons (Fsp3) is 0.200. The molecular weight excluding hydrogens is 260 g/mol. The Labute approximate surface area is 101 Å². The van der Waals surface area contributed by atoms with Gasteiger partial charge in [0.2, 0.25) is 0 Å². The van der Waals surface area contributed by atoms with Gasteiger partial charge in [0, 0.05) is 0 Å². The van der Waals surface area contributed by atoms with E-state index in [0.717, 1.165) is 0 Å². The molecule has 2 rings (SSSR count). The van der Waals surface area contributed by atoms with Gasteiger partial charge in [0.15, 0.2) is 0 Å². The maximum Gasteiger partial charge on any atom is 0.326 e. The summed E-state index contributed by atoms with van der Waals surface area (Å²) in [5.41, 5.74) is -0.932. The lowest BCUT2D eigenvalue weighted by Crippen LogP contribution is -2.23. The first kappa shape index (κ1) is 12.5. The first-order chi connectivity index (χ1) is 8.32. The molecule has 0 spiro atoms. The second kappa shape index (κ2) is 4.07. The van der Waals surface area contributed by atoms with Crippen LogP contribution in [0, 0.1) is 0 Å². The molecule has 0 aliphatic carbocycles. The van der Waals surface area contributed by atoms with Gasteiger partial charge in [-0.05, 0) is 24.1 Å². The van der Waals surface area contributed by atoms with Gasteiger partial charge < -0.3 is 4.98 Å². The topological polar surface area (TPSA) is 120 Å². The van der Waals surface area contributed by atoms with Gasteiger partial charge in [0.25, 0.3) is 15.7 Å². The molecule has 1 aromatic carbocycles. The van der Waals surface area contributed by atoms with Gasteiger partial charge in [-0.2, -0.15) is 8.42 Å². The molecule has 0 radical (unpaired) electrons. The number of aromatic nitrogens is 2. The summed E-state index contributed by atoms with van der Waals surface area (Å²) in [6.45, 7) is 1.78. The highest BCUT2D eigenvalue weighted by atomic mass is 32.2. The van der Waals surface area contributed by atoms with Gasteiger partial charge in [-0.3, -0.25) is 14.3 Å². The normalized spacial score (nSPS) is 11.9. The molecular formula is C10H10N2O5S. The molecule has 0 atom stereocenters. The van der Waals surface area contributed by atoms with Crippen LogP contribution in [-0.2, 0) is 16.5 Å². The van der Waals surface area contributed by atoms with Gasteiger partial charge >= 0.3 is 5.69 Å². The fourth-order valence-corrected chi connectivity index (χ4v) is 2.49. The highest BCUT2D eigenvalue weighted by Crippen LogP contribution is 2.20. The predicted octanol–water partition coefficient (Wildman–Crippen LogP) is 0.0255. The van der Waals surface area contributed by atoms with Crippen molar-refractivity contribution in [2.45, 2.75) is 18.2 Å². The zero-order valence-electron chi connectivity index (χ0n) is 9.35. The third kappa shape index (κ3) is 2.07. The summed E-state index contributed by atoms with van der Waals surface area (Å²) < 4.78 is 31.7. The minimum atomic E-state index is -4.54. The summed E-state index contributed by atoms with van der Waals surface area (Å²) in [4.78, 5) is 26.5. The van der Waals surface area contributed by atoms with Gasteiger partial charge in [0.1, 0.15) is 4.90 Å². The van der Waals surface area contributed by atoms with Crippen LogP contribution in [0.5, 0.6) is 0 Å². The van der Waals surface area contributed by atoms with Crippen molar-refractivity contribution in [2.24, 2.45) is 0 Å². The molecule has 0 amide bonds. The van der Waals surface area contributed by atoms with Crippen LogP contribution in [0.25, 0.3) is 10.9 Å². The Hall–Kier alpha value is -1.93.